The predicted octanol–water partition coefficient (Wildman–Crippen LogP) is 5.24. The van der Waals surface area contributed by atoms with Crippen LogP contribution in [-0.2, 0) is 4.74 Å². The van der Waals surface area contributed by atoms with E-state index in [1.807, 2.05) is 28.9 Å². The summed E-state index contributed by atoms with van der Waals surface area (Å²) >= 11 is 0. The van der Waals surface area contributed by atoms with E-state index in [-0.39, 0.29) is 12.0 Å². The van der Waals surface area contributed by atoms with E-state index in [9.17, 15) is 4.79 Å². The second kappa shape index (κ2) is 8.13. The highest BCUT2D eigenvalue weighted by molar-refractivity contribution is 5.89. The maximum Gasteiger partial charge on any atom is 0.337 e. The molecule has 0 bridgehead atoms. The lowest BCUT2D eigenvalue weighted by Crippen LogP contribution is -2.32. The molecule has 0 fully saturated rings. The largest absolute Gasteiger partial charge is 0.480 e. The minimum atomic E-state index is -0.400. The lowest BCUT2D eigenvalue weighted by Gasteiger charge is -2.39. The molecule has 2 aliphatic heterocycles. The summed E-state index contributed by atoms with van der Waals surface area (Å²) in [6.45, 7) is 4.15. The van der Waals surface area contributed by atoms with Crippen molar-refractivity contribution in [1.82, 2.24) is 14.8 Å². The van der Waals surface area contributed by atoms with Gasteiger partial charge >= 0.3 is 5.97 Å². The van der Waals surface area contributed by atoms with Gasteiger partial charge in [0, 0.05) is 11.1 Å². The van der Waals surface area contributed by atoms with Gasteiger partial charge in [0.25, 0.3) is 0 Å². The van der Waals surface area contributed by atoms with Crippen LogP contribution in [0.25, 0.3) is 5.70 Å². The van der Waals surface area contributed by atoms with Gasteiger partial charge in [-0.3, -0.25) is 0 Å². The molecule has 1 aromatic heterocycles. The number of nitrogens with zero attached hydrogens (tertiary/aromatic N) is 3. The minimum Gasteiger partial charge on any atom is -0.480 e. The Kier molecular flexibility index (Phi) is 4.91. The Bertz CT molecular complexity index is 1470. The molecule has 0 radical (unpaired) electrons. The number of aromatic nitrogens is 3. The SMILES string of the molecule is COC(=O)c1ccc([C@@H]2Oc3ccc(C)cc3C3=C2[C@H](c2ccc(C)cc2)n2ncnc2N3)cc1. The van der Waals surface area contributed by atoms with Crippen LogP contribution in [0.4, 0.5) is 5.95 Å². The predicted molar refractivity (Wildman–Crippen MR) is 132 cm³/mol. The van der Waals surface area contributed by atoms with E-state index in [4.69, 9.17) is 9.47 Å². The molecule has 7 nitrogen and oxygen atoms in total. The first-order valence-electron chi connectivity index (χ1n) is 11.5. The molecule has 3 aromatic carbocycles. The van der Waals surface area contributed by atoms with Crippen LogP contribution in [-0.4, -0.2) is 27.8 Å². The third kappa shape index (κ3) is 3.47. The Balaban J connectivity index is 1.57. The molecule has 4 aromatic rings. The maximum absolute atomic E-state index is 12.0. The van der Waals surface area contributed by atoms with Crippen molar-refractivity contribution in [3.8, 4) is 5.75 Å². The van der Waals surface area contributed by atoms with Crippen molar-refractivity contribution >= 4 is 17.6 Å². The highest BCUT2D eigenvalue weighted by Crippen LogP contribution is 2.50. The number of benzene rings is 3. The highest BCUT2D eigenvalue weighted by Gasteiger charge is 2.41. The maximum atomic E-state index is 12.0. The number of nitrogens with one attached hydrogen (secondary N) is 1. The lowest BCUT2D eigenvalue weighted by atomic mass is 9.84. The first kappa shape index (κ1) is 21.2. The van der Waals surface area contributed by atoms with Crippen LogP contribution in [0.5, 0.6) is 5.75 Å². The van der Waals surface area contributed by atoms with Crippen molar-refractivity contribution in [3.05, 3.63) is 112 Å². The molecule has 0 saturated carbocycles. The Morgan fingerprint density at radius 3 is 2.43 bits per heavy atom. The number of fused-ring (bicyclic) bond motifs is 3. The average molecular weight is 465 g/mol. The molecular weight excluding hydrogens is 440 g/mol. The first-order chi connectivity index (χ1) is 17.0. The van der Waals surface area contributed by atoms with E-state index in [2.05, 4.69) is 59.6 Å². The molecule has 2 atom stereocenters. The summed E-state index contributed by atoms with van der Waals surface area (Å²) in [5.74, 6) is 1.11. The fraction of sp³-hybridized carbons (Fsp3) is 0.179. The molecule has 174 valence electrons. The van der Waals surface area contributed by atoms with E-state index in [0.717, 1.165) is 39.3 Å². The van der Waals surface area contributed by atoms with Crippen LogP contribution < -0.4 is 10.1 Å². The lowest BCUT2D eigenvalue weighted by molar-refractivity contribution is 0.0600. The van der Waals surface area contributed by atoms with Gasteiger partial charge in [0.1, 0.15) is 24.2 Å². The molecule has 0 saturated heterocycles. The van der Waals surface area contributed by atoms with E-state index in [0.29, 0.717) is 11.5 Å². The first-order valence-corrected chi connectivity index (χ1v) is 11.5. The summed E-state index contributed by atoms with van der Waals surface area (Å²) < 4.78 is 13.4. The number of ether oxygens (including phenoxy) is 2. The van der Waals surface area contributed by atoms with Crippen molar-refractivity contribution < 1.29 is 14.3 Å². The normalized spacial score (nSPS) is 18.0. The van der Waals surface area contributed by atoms with E-state index in [1.165, 1.54) is 12.7 Å². The Morgan fingerprint density at radius 2 is 1.69 bits per heavy atom. The Labute approximate surface area is 203 Å². The van der Waals surface area contributed by atoms with E-state index >= 15 is 0 Å². The number of esters is 1. The van der Waals surface area contributed by atoms with Gasteiger partial charge in [0.05, 0.1) is 18.4 Å². The molecule has 6 rings (SSSR count). The standard InChI is InChI=1S/C28H24N4O3/c1-16-4-7-18(8-5-16)25-23-24(31-28-29-15-30-32(25)28)21-14-17(2)6-13-22(21)35-26(23)19-9-11-20(12-10-19)27(33)34-3/h4-15,25-26H,1-3H3,(H,29,30,31)/t25-,26-/m0/s1. The molecule has 1 N–H and O–H groups in total. The smallest absolute Gasteiger partial charge is 0.337 e. The summed E-state index contributed by atoms with van der Waals surface area (Å²) in [6.07, 6.45) is 1.17. The minimum absolute atomic E-state index is 0.219. The summed E-state index contributed by atoms with van der Waals surface area (Å²) in [6, 6.07) is 21.8. The highest BCUT2D eigenvalue weighted by atomic mass is 16.5. The van der Waals surface area contributed by atoms with Crippen LogP contribution in [0.2, 0.25) is 0 Å². The van der Waals surface area contributed by atoms with Gasteiger partial charge in [-0.25, -0.2) is 9.48 Å². The number of hydrogen-bond donors (Lipinski definition) is 1. The Morgan fingerprint density at radius 1 is 0.971 bits per heavy atom. The topological polar surface area (TPSA) is 78.3 Å². The number of anilines is 1. The number of aryl methyl sites for hydroxylation is 2. The molecule has 2 aliphatic rings. The van der Waals surface area contributed by atoms with Gasteiger partial charge < -0.3 is 14.8 Å². The Hall–Kier alpha value is -4.39. The van der Waals surface area contributed by atoms with Crippen LogP contribution >= 0.6 is 0 Å². The summed E-state index contributed by atoms with van der Waals surface area (Å²) in [7, 11) is 1.38. The molecule has 7 heteroatoms. The average Bonchev–Trinajstić information content (AvgIpc) is 3.36. The molecule has 35 heavy (non-hydrogen) atoms. The number of rotatable bonds is 3. The van der Waals surface area contributed by atoms with E-state index in [1.54, 1.807) is 18.5 Å². The van der Waals surface area contributed by atoms with Crippen molar-refractivity contribution in [3.63, 3.8) is 0 Å². The van der Waals surface area contributed by atoms with Crippen molar-refractivity contribution in [2.24, 2.45) is 0 Å². The third-order valence-corrected chi connectivity index (χ3v) is 6.60. The summed E-state index contributed by atoms with van der Waals surface area (Å²) in [4.78, 5) is 16.5. The number of carbonyl (C=O) groups is 1. The van der Waals surface area contributed by atoms with Crippen molar-refractivity contribution in [2.75, 3.05) is 12.4 Å². The molecule has 0 unspecified atom stereocenters. The quantitative estimate of drug-likeness (QED) is 0.418. The molecule has 0 aliphatic carbocycles. The molecule has 3 heterocycles. The van der Waals surface area contributed by atoms with Crippen molar-refractivity contribution in [1.29, 1.82) is 0 Å². The third-order valence-electron chi connectivity index (χ3n) is 6.60. The fourth-order valence-electron chi connectivity index (χ4n) is 4.84. The molecule has 0 amide bonds. The van der Waals surface area contributed by atoms with Gasteiger partial charge in [-0.05, 0) is 49.2 Å². The zero-order valence-corrected chi connectivity index (χ0v) is 19.6. The number of hydrogen-bond acceptors (Lipinski definition) is 6. The van der Waals surface area contributed by atoms with Crippen LogP contribution in [0.15, 0.2) is 78.6 Å². The monoisotopic (exact) mass is 464 g/mol. The number of carbonyl (C=O) groups excluding carboxylic acids is 1. The fourth-order valence-corrected chi connectivity index (χ4v) is 4.84. The van der Waals surface area contributed by atoms with Crippen LogP contribution in [0.3, 0.4) is 0 Å². The zero-order chi connectivity index (χ0) is 24.1. The second-order valence-electron chi connectivity index (χ2n) is 8.91. The van der Waals surface area contributed by atoms with Gasteiger partial charge in [0.2, 0.25) is 5.95 Å². The summed E-state index contributed by atoms with van der Waals surface area (Å²) in [5.41, 5.74) is 7.85. The number of methoxy groups -OCH3 is 1. The van der Waals surface area contributed by atoms with Gasteiger partial charge in [-0.1, -0.05) is 53.6 Å². The van der Waals surface area contributed by atoms with Crippen LogP contribution in [0.1, 0.15) is 50.3 Å². The van der Waals surface area contributed by atoms with Gasteiger partial charge in [0.15, 0.2) is 0 Å². The summed E-state index contributed by atoms with van der Waals surface area (Å²) in [5, 5.41) is 8.10. The van der Waals surface area contributed by atoms with Crippen LogP contribution in [0, 0.1) is 13.8 Å². The zero-order valence-electron chi connectivity index (χ0n) is 19.6. The van der Waals surface area contributed by atoms with Gasteiger partial charge in [-0.15, -0.1) is 0 Å². The van der Waals surface area contributed by atoms with Gasteiger partial charge in [-0.2, -0.15) is 10.1 Å². The molecule has 0 spiro atoms. The second-order valence-corrected chi connectivity index (χ2v) is 8.91. The molecular formula is C28H24N4O3. The van der Waals surface area contributed by atoms with E-state index < -0.39 is 6.10 Å². The van der Waals surface area contributed by atoms with Crippen molar-refractivity contribution in [2.45, 2.75) is 26.0 Å².